The summed E-state index contributed by atoms with van der Waals surface area (Å²) in [5.74, 6) is -0.799. The molecule has 5 rings (SSSR count). The van der Waals surface area contributed by atoms with Gasteiger partial charge in [-0.3, -0.25) is 4.79 Å². The van der Waals surface area contributed by atoms with E-state index in [1.807, 2.05) is 60.7 Å². The Morgan fingerprint density at radius 3 is 2.12 bits per heavy atom. The summed E-state index contributed by atoms with van der Waals surface area (Å²) in [6.07, 6.45) is 0. The largest absolute Gasteiger partial charge is 0.426 e. The van der Waals surface area contributed by atoms with Crippen LogP contribution in [0.2, 0.25) is 10.0 Å². The maximum Gasteiger partial charge on any atom is 0.396 e. The lowest BCUT2D eigenvalue weighted by molar-refractivity contribution is -0.135. The third kappa shape index (κ3) is 4.38. The molecule has 0 unspecified atom stereocenters. The van der Waals surface area contributed by atoms with Crippen molar-refractivity contribution in [3.63, 3.8) is 0 Å². The fourth-order valence-electron chi connectivity index (χ4n) is 3.85. The summed E-state index contributed by atoms with van der Waals surface area (Å²) >= 11 is 13.6. The molecule has 0 aliphatic rings. The molecule has 1 aromatic heterocycles. The molecular weight excluding hydrogens is 491 g/mol. The van der Waals surface area contributed by atoms with Crippen LogP contribution in [-0.4, -0.2) is 5.97 Å². The van der Waals surface area contributed by atoms with E-state index in [-0.39, 0.29) is 5.75 Å². The number of hydrogen-bond acceptors (Lipinski definition) is 5. The molecule has 5 aromatic rings. The molecule has 0 N–H and O–H groups in total. The number of halogens is 2. The number of carbonyl (C=O) groups excluding carboxylic acids is 1. The van der Waals surface area contributed by atoms with Crippen LogP contribution >= 0.6 is 34.5 Å². The highest BCUT2D eigenvalue weighted by atomic mass is 35.5. The number of fused-ring (bicyclic) bond motifs is 1. The Balaban J connectivity index is 1.60. The van der Waals surface area contributed by atoms with Crippen molar-refractivity contribution in [2.75, 3.05) is 0 Å². The van der Waals surface area contributed by atoms with Crippen molar-refractivity contribution >= 4 is 50.8 Å². The highest BCUT2D eigenvalue weighted by Crippen LogP contribution is 2.40. The average Bonchev–Trinajstić information content (AvgIpc) is 3.22. The number of carbonyl (C=O) groups is 1. The first kappa shape index (κ1) is 22.4. The number of esters is 1. The number of hydrogen-bond donors (Lipinski definition) is 0. The van der Waals surface area contributed by atoms with Crippen LogP contribution in [0.15, 0.2) is 100 Å². The van der Waals surface area contributed by atoms with Gasteiger partial charge in [0.15, 0.2) is 5.58 Å². The molecule has 0 aliphatic carbocycles. The number of ether oxygens (including phenoxy) is 1. The van der Waals surface area contributed by atoms with Gasteiger partial charge in [0.05, 0.1) is 14.7 Å². The molecule has 168 valence electrons. The molecule has 0 radical (unpaired) electrons. The van der Waals surface area contributed by atoms with Crippen molar-refractivity contribution in [3.8, 4) is 16.9 Å². The number of rotatable bonds is 5. The molecule has 0 bridgehead atoms. The van der Waals surface area contributed by atoms with Gasteiger partial charge in [-0.25, -0.2) is 4.79 Å². The highest BCUT2D eigenvalue weighted by Gasteiger charge is 2.26. The van der Waals surface area contributed by atoms with Crippen molar-refractivity contribution in [2.24, 2.45) is 0 Å². The molecule has 4 aromatic carbocycles. The third-order valence-electron chi connectivity index (χ3n) is 5.37. The molecule has 0 spiro atoms. The second-order valence-corrected chi connectivity index (χ2v) is 9.29. The van der Waals surface area contributed by atoms with E-state index in [1.54, 1.807) is 30.3 Å². The molecule has 0 amide bonds. The Kier molecular flexibility index (Phi) is 6.24. The summed E-state index contributed by atoms with van der Waals surface area (Å²) in [5, 5.41) is 0.676. The van der Waals surface area contributed by atoms with Gasteiger partial charge in [-0.15, -0.1) is 0 Å². The van der Waals surface area contributed by atoms with Gasteiger partial charge in [0, 0.05) is 17.2 Å². The summed E-state index contributed by atoms with van der Waals surface area (Å²) in [7, 11) is 0. The molecule has 1 heterocycles. The Bertz CT molecular complexity index is 1500. The smallest absolute Gasteiger partial charge is 0.396 e. The first-order valence-corrected chi connectivity index (χ1v) is 11.9. The maximum atomic E-state index is 13.5. The minimum Gasteiger partial charge on any atom is -0.426 e. The molecule has 0 saturated heterocycles. The van der Waals surface area contributed by atoms with E-state index < -0.39 is 16.8 Å². The Morgan fingerprint density at radius 1 is 0.824 bits per heavy atom. The minimum atomic E-state index is -0.626. The summed E-state index contributed by atoms with van der Waals surface area (Å²) in [4.78, 5) is 25.0. The van der Waals surface area contributed by atoms with Gasteiger partial charge in [0.2, 0.25) is 0 Å². The van der Waals surface area contributed by atoms with E-state index in [4.69, 9.17) is 32.4 Å². The normalized spacial score (nSPS) is 11.1. The van der Waals surface area contributed by atoms with E-state index in [0.29, 0.717) is 31.5 Å². The van der Waals surface area contributed by atoms with Gasteiger partial charge in [0.1, 0.15) is 11.7 Å². The van der Waals surface area contributed by atoms with E-state index in [0.717, 1.165) is 22.5 Å². The predicted molar refractivity (Wildman–Crippen MR) is 136 cm³/mol. The first-order valence-electron chi connectivity index (χ1n) is 10.3. The quantitative estimate of drug-likeness (QED) is 0.182. The lowest BCUT2D eigenvalue weighted by Gasteiger charge is -2.17. The van der Waals surface area contributed by atoms with Gasteiger partial charge >= 0.3 is 10.9 Å². The summed E-state index contributed by atoms with van der Waals surface area (Å²) in [6, 6.07) is 27.3. The molecule has 0 aliphatic heterocycles. The van der Waals surface area contributed by atoms with Crippen LogP contribution in [0.5, 0.6) is 5.75 Å². The molecule has 7 heteroatoms. The molecular formula is C27H16Cl2O4S. The molecule has 34 heavy (non-hydrogen) atoms. The van der Waals surface area contributed by atoms with E-state index >= 15 is 0 Å². The van der Waals surface area contributed by atoms with Crippen molar-refractivity contribution < 1.29 is 13.9 Å². The van der Waals surface area contributed by atoms with Crippen LogP contribution in [0, 0.1) is 0 Å². The van der Waals surface area contributed by atoms with E-state index in [9.17, 15) is 9.59 Å². The average molecular weight is 507 g/mol. The first-order chi connectivity index (χ1) is 16.5. The summed E-state index contributed by atoms with van der Waals surface area (Å²) in [5.41, 5.74) is 3.07. The Labute approximate surface area is 209 Å². The molecule has 0 saturated carbocycles. The monoisotopic (exact) mass is 506 g/mol. The van der Waals surface area contributed by atoms with Crippen LogP contribution in [0.3, 0.4) is 0 Å². The summed E-state index contributed by atoms with van der Waals surface area (Å²) < 4.78 is 11.8. The van der Waals surface area contributed by atoms with Crippen LogP contribution in [0.4, 0.5) is 0 Å². The number of benzene rings is 4. The van der Waals surface area contributed by atoms with Crippen LogP contribution in [0.1, 0.15) is 17.0 Å². The van der Waals surface area contributed by atoms with Gasteiger partial charge in [-0.2, -0.15) is 0 Å². The second kappa shape index (κ2) is 9.47. The lowest BCUT2D eigenvalue weighted by atomic mass is 9.91. The topological polar surface area (TPSA) is 56.5 Å². The Morgan fingerprint density at radius 2 is 1.47 bits per heavy atom. The standard InChI is InChI=1S/C27H16Cl2O4S/c28-21-13-7-12-19(24(21)29)20-14-18(15-22-25(20)33-27(31)34-22)32-26(30)23(16-8-3-1-4-9-16)17-10-5-2-6-11-17/h1-15,23H. The molecule has 0 fully saturated rings. The second-order valence-electron chi connectivity index (χ2n) is 7.53. The fraction of sp³-hybridized carbons (Fsp3) is 0.0370. The van der Waals surface area contributed by atoms with Crippen molar-refractivity contribution in [2.45, 2.75) is 5.92 Å². The molecule has 4 nitrogen and oxygen atoms in total. The zero-order valence-electron chi connectivity index (χ0n) is 17.5. The van der Waals surface area contributed by atoms with Gasteiger partial charge in [-0.05, 0) is 23.3 Å². The highest BCUT2D eigenvalue weighted by molar-refractivity contribution is 7.16. The van der Waals surface area contributed by atoms with Crippen molar-refractivity contribution in [1.29, 1.82) is 0 Å². The SMILES string of the molecule is O=C(Oc1cc(-c2cccc(Cl)c2Cl)c2oc(=O)sc2c1)C(c1ccccc1)c1ccccc1. The van der Waals surface area contributed by atoms with E-state index in [1.165, 1.54) is 0 Å². The van der Waals surface area contributed by atoms with Gasteiger partial charge < -0.3 is 9.15 Å². The van der Waals surface area contributed by atoms with Gasteiger partial charge in [-0.1, -0.05) is 107 Å². The lowest BCUT2D eigenvalue weighted by Crippen LogP contribution is -2.20. The van der Waals surface area contributed by atoms with Crippen molar-refractivity contribution in [1.82, 2.24) is 0 Å². The summed E-state index contributed by atoms with van der Waals surface area (Å²) in [6.45, 7) is 0. The van der Waals surface area contributed by atoms with Crippen molar-refractivity contribution in [3.05, 3.63) is 122 Å². The zero-order chi connectivity index (χ0) is 23.7. The minimum absolute atomic E-state index is 0.275. The third-order valence-corrected chi connectivity index (χ3v) is 6.96. The van der Waals surface area contributed by atoms with Crippen LogP contribution in [0.25, 0.3) is 21.4 Å². The van der Waals surface area contributed by atoms with Crippen LogP contribution in [-0.2, 0) is 4.79 Å². The fourth-order valence-corrected chi connectivity index (χ4v) is 4.98. The predicted octanol–water partition coefficient (Wildman–Crippen LogP) is 7.57. The zero-order valence-corrected chi connectivity index (χ0v) is 19.9. The Hall–Kier alpha value is -3.38. The van der Waals surface area contributed by atoms with E-state index in [2.05, 4.69) is 0 Å². The van der Waals surface area contributed by atoms with Crippen LogP contribution < -0.4 is 9.68 Å². The van der Waals surface area contributed by atoms with Gasteiger partial charge in [0.25, 0.3) is 0 Å². The maximum absolute atomic E-state index is 13.5. The molecule has 0 atom stereocenters.